The van der Waals surface area contributed by atoms with E-state index in [4.69, 9.17) is 23.7 Å². The lowest BCUT2D eigenvalue weighted by Crippen LogP contribution is -2.39. The standard InChI is InChI=1S/C27H38N2O8/c1-5-36-25(31)20-28-19-23(11-12-24(28)30)29(26(32)37-27(2,3)4)13-14-33-15-16-34-17-18-35-21-22-9-7-6-8-10-22/h6-12,19H,5,13-18,20-21H2,1-4H3. The molecule has 0 aliphatic carbocycles. The molecule has 0 N–H and O–H groups in total. The number of rotatable bonds is 15. The molecule has 0 fully saturated rings. The summed E-state index contributed by atoms with van der Waals surface area (Å²) in [6.07, 6.45) is 0.839. The fraction of sp³-hybridized carbons (Fsp3) is 0.519. The first-order chi connectivity index (χ1) is 17.7. The third kappa shape index (κ3) is 12.1. The molecule has 37 heavy (non-hydrogen) atoms. The van der Waals surface area contributed by atoms with E-state index in [-0.39, 0.29) is 31.9 Å². The van der Waals surface area contributed by atoms with Crippen LogP contribution in [-0.4, -0.2) is 68.4 Å². The minimum absolute atomic E-state index is 0.173. The molecule has 204 valence electrons. The summed E-state index contributed by atoms with van der Waals surface area (Å²) in [5, 5.41) is 0. The Bertz CT molecular complexity index is 1020. The minimum atomic E-state index is -0.716. The van der Waals surface area contributed by atoms with Crippen LogP contribution in [0.25, 0.3) is 0 Å². The predicted octanol–water partition coefficient (Wildman–Crippen LogP) is 3.40. The van der Waals surface area contributed by atoms with Crippen molar-refractivity contribution < 1.29 is 33.3 Å². The fourth-order valence-corrected chi connectivity index (χ4v) is 3.15. The topological polar surface area (TPSA) is 106 Å². The van der Waals surface area contributed by atoms with Crippen molar-refractivity contribution in [1.29, 1.82) is 0 Å². The number of carbonyl (C=O) groups excluding carboxylic acids is 2. The van der Waals surface area contributed by atoms with Gasteiger partial charge in [-0.2, -0.15) is 0 Å². The molecular weight excluding hydrogens is 480 g/mol. The summed E-state index contributed by atoms with van der Waals surface area (Å²) in [4.78, 5) is 38.3. The third-order valence-corrected chi connectivity index (χ3v) is 4.81. The fourth-order valence-electron chi connectivity index (χ4n) is 3.15. The van der Waals surface area contributed by atoms with Crippen molar-refractivity contribution in [2.24, 2.45) is 0 Å². The Hall–Kier alpha value is -3.21. The molecule has 0 saturated carbocycles. The van der Waals surface area contributed by atoms with E-state index in [1.165, 1.54) is 27.8 Å². The van der Waals surface area contributed by atoms with Crippen LogP contribution < -0.4 is 10.5 Å². The van der Waals surface area contributed by atoms with Crippen molar-refractivity contribution >= 4 is 17.7 Å². The van der Waals surface area contributed by atoms with Crippen LogP contribution in [0.2, 0.25) is 0 Å². The lowest BCUT2D eigenvalue weighted by molar-refractivity contribution is -0.143. The van der Waals surface area contributed by atoms with Gasteiger partial charge < -0.3 is 28.3 Å². The number of hydrogen-bond acceptors (Lipinski definition) is 8. The van der Waals surface area contributed by atoms with Crippen molar-refractivity contribution in [1.82, 2.24) is 4.57 Å². The molecule has 0 saturated heterocycles. The van der Waals surface area contributed by atoms with Crippen LogP contribution in [0.1, 0.15) is 33.3 Å². The van der Waals surface area contributed by atoms with Crippen molar-refractivity contribution in [3.63, 3.8) is 0 Å². The van der Waals surface area contributed by atoms with Gasteiger partial charge in [0.05, 0.1) is 58.5 Å². The number of aromatic nitrogens is 1. The number of ether oxygens (including phenoxy) is 5. The summed E-state index contributed by atoms with van der Waals surface area (Å²) in [6, 6.07) is 12.7. The first-order valence-corrected chi connectivity index (χ1v) is 12.3. The zero-order chi connectivity index (χ0) is 27.1. The van der Waals surface area contributed by atoms with Crippen LogP contribution in [-0.2, 0) is 41.6 Å². The average Bonchev–Trinajstić information content (AvgIpc) is 2.84. The largest absolute Gasteiger partial charge is 0.465 e. The molecule has 2 rings (SSSR count). The van der Waals surface area contributed by atoms with E-state index >= 15 is 0 Å². The Kier molecular flexibility index (Phi) is 12.8. The van der Waals surface area contributed by atoms with Gasteiger partial charge in [0, 0.05) is 12.3 Å². The minimum Gasteiger partial charge on any atom is -0.465 e. The molecule has 0 aliphatic rings. The molecule has 1 amide bonds. The van der Waals surface area contributed by atoms with Crippen LogP contribution in [0.3, 0.4) is 0 Å². The third-order valence-electron chi connectivity index (χ3n) is 4.81. The highest BCUT2D eigenvalue weighted by Gasteiger charge is 2.24. The Balaban J connectivity index is 1.83. The van der Waals surface area contributed by atoms with Crippen LogP contribution >= 0.6 is 0 Å². The van der Waals surface area contributed by atoms with E-state index in [0.29, 0.717) is 38.7 Å². The van der Waals surface area contributed by atoms with E-state index < -0.39 is 17.7 Å². The molecule has 1 aromatic carbocycles. The van der Waals surface area contributed by atoms with Crippen molar-refractivity contribution in [3.05, 3.63) is 64.6 Å². The van der Waals surface area contributed by atoms with E-state index in [9.17, 15) is 14.4 Å². The van der Waals surface area contributed by atoms with Gasteiger partial charge in [-0.3, -0.25) is 14.5 Å². The summed E-state index contributed by atoms with van der Waals surface area (Å²) in [7, 11) is 0. The lowest BCUT2D eigenvalue weighted by Gasteiger charge is -2.27. The maximum absolute atomic E-state index is 12.9. The van der Waals surface area contributed by atoms with Gasteiger partial charge in [0.15, 0.2) is 0 Å². The molecule has 1 heterocycles. The number of hydrogen-bond donors (Lipinski definition) is 0. The molecule has 0 atom stereocenters. The number of carbonyl (C=O) groups is 2. The molecule has 0 bridgehead atoms. The van der Waals surface area contributed by atoms with E-state index in [1.807, 2.05) is 30.3 Å². The van der Waals surface area contributed by atoms with Crippen LogP contribution in [0, 0.1) is 0 Å². The Morgan fingerprint density at radius 1 is 0.892 bits per heavy atom. The number of nitrogens with zero attached hydrogens (tertiary/aromatic N) is 2. The molecule has 0 radical (unpaired) electrons. The quantitative estimate of drug-likeness (QED) is 0.261. The molecule has 10 heteroatoms. The van der Waals surface area contributed by atoms with Gasteiger partial charge in [0.1, 0.15) is 12.1 Å². The molecular formula is C27H38N2O8. The zero-order valence-corrected chi connectivity index (χ0v) is 22.1. The highest BCUT2D eigenvalue weighted by atomic mass is 16.6. The first kappa shape index (κ1) is 30.0. The van der Waals surface area contributed by atoms with Crippen LogP contribution in [0.4, 0.5) is 10.5 Å². The number of anilines is 1. The summed E-state index contributed by atoms with van der Waals surface area (Å²) in [5.41, 5.74) is 0.402. The predicted molar refractivity (Wildman–Crippen MR) is 139 cm³/mol. The monoisotopic (exact) mass is 518 g/mol. The zero-order valence-electron chi connectivity index (χ0n) is 22.1. The maximum Gasteiger partial charge on any atom is 0.414 e. The first-order valence-electron chi connectivity index (χ1n) is 12.3. The normalized spacial score (nSPS) is 11.2. The van der Waals surface area contributed by atoms with Gasteiger partial charge in [-0.15, -0.1) is 0 Å². The number of amides is 1. The van der Waals surface area contributed by atoms with E-state index in [1.54, 1.807) is 27.7 Å². The Morgan fingerprint density at radius 2 is 1.54 bits per heavy atom. The summed E-state index contributed by atoms with van der Waals surface area (Å²) < 4.78 is 28.4. The second-order valence-electron chi connectivity index (χ2n) is 9.05. The van der Waals surface area contributed by atoms with Crippen molar-refractivity contribution in [2.45, 2.75) is 46.4 Å². The van der Waals surface area contributed by atoms with Gasteiger partial charge >= 0.3 is 12.1 Å². The Morgan fingerprint density at radius 3 is 2.19 bits per heavy atom. The SMILES string of the molecule is CCOC(=O)Cn1cc(N(CCOCCOCCOCc2ccccc2)C(=O)OC(C)(C)C)ccc1=O. The summed E-state index contributed by atoms with van der Waals surface area (Å²) in [6.45, 7) is 9.49. The highest BCUT2D eigenvalue weighted by Crippen LogP contribution is 2.17. The summed E-state index contributed by atoms with van der Waals surface area (Å²) in [5.74, 6) is -0.542. The molecule has 1 aromatic heterocycles. The summed E-state index contributed by atoms with van der Waals surface area (Å²) >= 11 is 0. The molecule has 0 aliphatic heterocycles. The number of esters is 1. The molecule has 10 nitrogen and oxygen atoms in total. The Labute approximate surface area is 218 Å². The van der Waals surface area contributed by atoms with Crippen LogP contribution in [0.5, 0.6) is 0 Å². The van der Waals surface area contributed by atoms with Gasteiger partial charge in [-0.25, -0.2) is 4.79 Å². The second kappa shape index (κ2) is 15.8. The maximum atomic E-state index is 12.9. The molecule has 0 spiro atoms. The van der Waals surface area contributed by atoms with Gasteiger partial charge in [0.25, 0.3) is 5.56 Å². The second-order valence-corrected chi connectivity index (χ2v) is 9.05. The van der Waals surface area contributed by atoms with E-state index in [2.05, 4.69) is 0 Å². The van der Waals surface area contributed by atoms with Crippen LogP contribution in [0.15, 0.2) is 53.5 Å². The van der Waals surface area contributed by atoms with Crippen molar-refractivity contribution in [3.8, 4) is 0 Å². The number of benzene rings is 1. The highest BCUT2D eigenvalue weighted by molar-refractivity contribution is 5.87. The van der Waals surface area contributed by atoms with Gasteiger partial charge in [-0.1, -0.05) is 30.3 Å². The van der Waals surface area contributed by atoms with Gasteiger partial charge in [-0.05, 0) is 39.3 Å². The molecule has 2 aromatic rings. The van der Waals surface area contributed by atoms with Crippen molar-refractivity contribution in [2.75, 3.05) is 51.1 Å². The lowest BCUT2D eigenvalue weighted by atomic mass is 10.2. The average molecular weight is 519 g/mol. The smallest absolute Gasteiger partial charge is 0.414 e. The van der Waals surface area contributed by atoms with Gasteiger partial charge in [0.2, 0.25) is 0 Å². The molecule has 0 unspecified atom stereocenters. The van der Waals surface area contributed by atoms with E-state index in [0.717, 1.165) is 5.56 Å². The number of pyridine rings is 1.